The fourth-order valence-electron chi connectivity index (χ4n) is 1.32. The molecular weight excluding hydrogens is 198 g/mol. The van der Waals surface area contributed by atoms with Crippen LogP contribution in [0.1, 0.15) is 27.2 Å². The molecule has 2 atom stereocenters. The molecule has 1 amide bonds. The van der Waals surface area contributed by atoms with Gasteiger partial charge in [-0.25, -0.2) is 4.79 Å². The van der Waals surface area contributed by atoms with E-state index in [0.717, 1.165) is 0 Å². The summed E-state index contributed by atoms with van der Waals surface area (Å²) in [6.07, 6.45) is -0.524. The van der Waals surface area contributed by atoms with Crippen LogP contribution in [-0.4, -0.2) is 42.2 Å². The Morgan fingerprint density at radius 2 is 2.20 bits per heavy atom. The number of alkyl carbamates (subject to hydrolysis) is 1. The quantitative estimate of drug-likeness (QED) is 0.677. The largest absolute Gasteiger partial charge is 0.444 e. The number of ether oxygens (including phenoxy) is 2. The molecule has 2 N–H and O–H groups in total. The topological polar surface area (TPSA) is 67.8 Å². The van der Waals surface area contributed by atoms with Crippen molar-refractivity contribution < 1.29 is 19.4 Å². The van der Waals surface area contributed by atoms with E-state index in [1.165, 1.54) is 0 Å². The monoisotopic (exact) mass is 217 g/mol. The van der Waals surface area contributed by atoms with E-state index in [1.807, 2.05) is 0 Å². The molecular formula is C10H19NO4. The van der Waals surface area contributed by atoms with Crippen LogP contribution in [0.15, 0.2) is 0 Å². The number of carbonyl (C=O) groups excluding carboxylic acids is 1. The van der Waals surface area contributed by atoms with E-state index >= 15 is 0 Å². The van der Waals surface area contributed by atoms with Gasteiger partial charge in [0.2, 0.25) is 0 Å². The maximum Gasteiger partial charge on any atom is 0.408 e. The Balaban J connectivity index is 2.36. The molecule has 0 spiro atoms. The maximum atomic E-state index is 11.4. The molecule has 0 saturated carbocycles. The maximum absolute atomic E-state index is 11.4. The first-order chi connectivity index (χ1) is 6.88. The Hall–Kier alpha value is -0.810. The number of carbonyl (C=O) groups is 1. The minimum Gasteiger partial charge on any atom is -0.444 e. The van der Waals surface area contributed by atoms with Crippen LogP contribution in [0.4, 0.5) is 4.79 Å². The van der Waals surface area contributed by atoms with Gasteiger partial charge in [0.1, 0.15) is 5.60 Å². The van der Waals surface area contributed by atoms with Crippen LogP contribution in [-0.2, 0) is 9.47 Å². The summed E-state index contributed by atoms with van der Waals surface area (Å²) >= 11 is 0. The SMILES string of the molecule is CC(C)(C)OC(=O)NC1COCCC1O. The summed E-state index contributed by atoms with van der Waals surface area (Å²) in [5.74, 6) is 0. The van der Waals surface area contributed by atoms with E-state index in [9.17, 15) is 9.90 Å². The average Bonchev–Trinajstić information content (AvgIpc) is 2.05. The number of rotatable bonds is 1. The van der Waals surface area contributed by atoms with Crippen molar-refractivity contribution in [2.45, 2.75) is 44.9 Å². The molecule has 0 aromatic heterocycles. The van der Waals surface area contributed by atoms with Crippen molar-refractivity contribution in [3.8, 4) is 0 Å². The molecule has 1 fully saturated rings. The number of nitrogens with one attached hydrogen (secondary N) is 1. The normalized spacial score (nSPS) is 27.2. The molecule has 5 heteroatoms. The zero-order valence-corrected chi connectivity index (χ0v) is 9.45. The standard InChI is InChI=1S/C10H19NO4/c1-10(2,3)15-9(13)11-7-6-14-5-4-8(7)12/h7-8,12H,4-6H2,1-3H3,(H,11,13). The Labute approximate surface area is 89.8 Å². The van der Waals surface area contributed by atoms with Gasteiger partial charge < -0.3 is 19.9 Å². The van der Waals surface area contributed by atoms with E-state index in [1.54, 1.807) is 20.8 Å². The molecule has 5 nitrogen and oxygen atoms in total. The molecule has 15 heavy (non-hydrogen) atoms. The second-order valence-corrected chi connectivity index (χ2v) is 4.68. The predicted octanol–water partition coefficient (Wildman–Crippen LogP) is 0.661. The van der Waals surface area contributed by atoms with Gasteiger partial charge in [-0.05, 0) is 27.2 Å². The van der Waals surface area contributed by atoms with Gasteiger partial charge >= 0.3 is 6.09 Å². The van der Waals surface area contributed by atoms with Gasteiger partial charge in [0.25, 0.3) is 0 Å². The fourth-order valence-corrected chi connectivity index (χ4v) is 1.32. The predicted molar refractivity (Wildman–Crippen MR) is 54.6 cm³/mol. The summed E-state index contributed by atoms with van der Waals surface area (Å²) < 4.78 is 10.2. The van der Waals surface area contributed by atoms with Crippen LogP contribution in [0.2, 0.25) is 0 Å². The van der Waals surface area contributed by atoms with Crippen LogP contribution in [0.3, 0.4) is 0 Å². The van der Waals surface area contributed by atoms with Crippen LogP contribution in [0.25, 0.3) is 0 Å². The third-order valence-corrected chi connectivity index (χ3v) is 2.02. The number of amides is 1. The summed E-state index contributed by atoms with van der Waals surface area (Å²) in [5.41, 5.74) is -0.523. The van der Waals surface area contributed by atoms with E-state index in [0.29, 0.717) is 19.6 Å². The Bertz CT molecular complexity index is 224. The Morgan fingerprint density at radius 3 is 2.73 bits per heavy atom. The molecule has 1 rings (SSSR count). The van der Waals surface area contributed by atoms with Gasteiger partial charge in [0.05, 0.1) is 18.8 Å². The van der Waals surface area contributed by atoms with E-state index in [-0.39, 0.29) is 6.04 Å². The van der Waals surface area contributed by atoms with Gasteiger partial charge in [-0.1, -0.05) is 0 Å². The van der Waals surface area contributed by atoms with Gasteiger partial charge in [0.15, 0.2) is 0 Å². The van der Waals surface area contributed by atoms with Gasteiger partial charge in [-0.2, -0.15) is 0 Å². The van der Waals surface area contributed by atoms with Crippen LogP contribution in [0.5, 0.6) is 0 Å². The molecule has 1 aliphatic rings. The summed E-state index contributed by atoms with van der Waals surface area (Å²) in [6.45, 7) is 6.25. The second kappa shape index (κ2) is 4.81. The minimum atomic E-state index is -0.550. The van der Waals surface area contributed by atoms with Crippen molar-refractivity contribution in [3.63, 3.8) is 0 Å². The average molecular weight is 217 g/mol. The molecule has 0 aromatic rings. The fraction of sp³-hybridized carbons (Fsp3) is 0.900. The van der Waals surface area contributed by atoms with Gasteiger partial charge in [0, 0.05) is 6.61 Å². The summed E-state index contributed by atoms with van der Waals surface area (Å²) in [6, 6.07) is -0.367. The van der Waals surface area contributed by atoms with Crippen molar-refractivity contribution in [3.05, 3.63) is 0 Å². The van der Waals surface area contributed by atoms with Crippen molar-refractivity contribution >= 4 is 6.09 Å². The van der Waals surface area contributed by atoms with Crippen molar-refractivity contribution in [1.82, 2.24) is 5.32 Å². The lowest BCUT2D eigenvalue weighted by molar-refractivity contribution is -0.0211. The van der Waals surface area contributed by atoms with Gasteiger partial charge in [-0.15, -0.1) is 0 Å². The van der Waals surface area contributed by atoms with E-state index < -0.39 is 17.8 Å². The highest BCUT2D eigenvalue weighted by Crippen LogP contribution is 2.10. The zero-order valence-electron chi connectivity index (χ0n) is 9.45. The second-order valence-electron chi connectivity index (χ2n) is 4.68. The lowest BCUT2D eigenvalue weighted by atomic mass is 10.1. The lowest BCUT2D eigenvalue weighted by Crippen LogP contribution is -2.50. The van der Waals surface area contributed by atoms with Crippen LogP contribution >= 0.6 is 0 Å². The van der Waals surface area contributed by atoms with Crippen LogP contribution in [0, 0.1) is 0 Å². The highest BCUT2D eigenvalue weighted by atomic mass is 16.6. The van der Waals surface area contributed by atoms with Crippen molar-refractivity contribution in [2.24, 2.45) is 0 Å². The molecule has 1 saturated heterocycles. The van der Waals surface area contributed by atoms with E-state index in [4.69, 9.17) is 9.47 Å². The smallest absolute Gasteiger partial charge is 0.408 e. The lowest BCUT2D eigenvalue weighted by Gasteiger charge is -2.29. The molecule has 88 valence electrons. The first-order valence-corrected chi connectivity index (χ1v) is 5.14. The Morgan fingerprint density at radius 1 is 1.53 bits per heavy atom. The van der Waals surface area contributed by atoms with Crippen molar-refractivity contribution in [1.29, 1.82) is 0 Å². The molecule has 2 unspecified atom stereocenters. The van der Waals surface area contributed by atoms with Crippen molar-refractivity contribution in [2.75, 3.05) is 13.2 Å². The van der Waals surface area contributed by atoms with Gasteiger partial charge in [-0.3, -0.25) is 0 Å². The molecule has 0 bridgehead atoms. The number of aliphatic hydroxyl groups is 1. The molecule has 0 radical (unpaired) electrons. The third kappa shape index (κ3) is 4.48. The number of hydrogen-bond donors (Lipinski definition) is 2. The highest BCUT2D eigenvalue weighted by molar-refractivity contribution is 5.68. The number of hydrogen-bond acceptors (Lipinski definition) is 4. The third-order valence-electron chi connectivity index (χ3n) is 2.02. The first kappa shape index (κ1) is 12.3. The van der Waals surface area contributed by atoms with E-state index in [2.05, 4.69) is 5.32 Å². The zero-order chi connectivity index (χ0) is 11.5. The van der Waals surface area contributed by atoms with Crippen LogP contribution < -0.4 is 5.32 Å². The molecule has 1 aliphatic heterocycles. The molecule has 0 aromatic carbocycles. The highest BCUT2D eigenvalue weighted by Gasteiger charge is 2.27. The minimum absolute atomic E-state index is 0.334. The molecule has 1 heterocycles. The number of aliphatic hydroxyl groups excluding tert-OH is 1. The summed E-state index contributed by atoms with van der Waals surface area (Å²) in [4.78, 5) is 11.4. The summed E-state index contributed by atoms with van der Waals surface area (Å²) in [5, 5.41) is 12.2. The summed E-state index contributed by atoms with van der Waals surface area (Å²) in [7, 11) is 0. The first-order valence-electron chi connectivity index (χ1n) is 5.14. The Kier molecular flexibility index (Phi) is 3.93. The molecule has 0 aliphatic carbocycles.